The molecule has 0 rings (SSSR count). The van der Waals surface area contributed by atoms with Crippen LogP contribution in [-0.4, -0.2) is 5.75 Å². The lowest BCUT2D eigenvalue weighted by Gasteiger charge is -1.83. The zero-order valence-electron chi connectivity index (χ0n) is 5.05. The molecule has 0 bridgehead atoms. The van der Waals surface area contributed by atoms with Gasteiger partial charge in [0, 0.05) is 0 Å². The van der Waals surface area contributed by atoms with Crippen molar-refractivity contribution in [2.45, 2.75) is 13.3 Å². The minimum Gasteiger partial charge on any atom is -0.133 e. The van der Waals surface area contributed by atoms with Crippen molar-refractivity contribution in [3.8, 4) is 12.3 Å². The fraction of sp³-hybridized carbons (Fsp3) is 0.429. The predicted octanol–water partition coefficient (Wildman–Crippen LogP) is 2.28. The number of allylic oxidation sites excluding steroid dienone is 1. The molecule has 1 heteroatoms. The molecule has 0 saturated carbocycles. The molecule has 0 nitrogen and oxygen atoms in total. The summed E-state index contributed by atoms with van der Waals surface area (Å²) < 4.78 is 0. The molecule has 0 aromatic heterocycles. The SMILES string of the molecule is C#C/C=C/SCCC. The summed E-state index contributed by atoms with van der Waals surface area (Å²) in [5.74, 6) is 3.59. The van der Waals surface area contributed by atoms with Crippen LogP contribution in [0.15, 0.2) is 11.5 Å². The van der Waals surface area contributed by atoms with E-state index < -0.39 is 0 Å². The van der Waals surface area contributed by atoms with Gasteiger partial charge in [-0.25, -0.2) is 0 Å². The van der Waals surface area contributed by atoms with Crippen LogP contribution >= 0.6 is 11.8 Å². The fourth-order valence-corrected chi connectivity index (χ4v) is 0.820. The van der Waals surface area contributed by atoms with Gasteiger partial charge in [0.25, 0.3) is 0 Å². The average molecular weight is 126 g/mol. The molecule has 0 aliphatic rings. The molecule has 0 saturated heterocycles. The van der Waals surface area contributed by atoms with E-state index in [1.165, 1.54) is 6.42 Å². The third-order valence-electron chi connectivity index (χ3n) is 0.582. The van der Waals surface area contributed by atoms with Crippen molar-refractivity contribution >= 4 is 11.8 Å². The van der Waals surface area contributed by atoms with E-state index in [0.717, 1.165) is 5.75 Å². The first-order valence-electron chi connectivity index (χ1n) is 2.64. The van der Waals surface area contributed by atoms with Crippen molar-refractivity contribution in [1.29, 1.82) is 0 Å². The fourth-order valence-electron chi connectivity index (χ4n) is 0.273. The summed E-state index contributed by atoms with van der Waals surface area (Å²) in [6.45, 7) is 2.15. The Balaban J connectivity index is 2.94. The molecule has 0 unspecified atom stereocenters. The molecule has 0 aromatic rings. The van der Waals surface area contributed by atoms with Gasteiger partial charge in [-0.15, -0.1) is 18.2 Å². The summed E-state index contributed by atoms with van der Waals surface area (Å²) in [5, 5.41) is 1.95. The number of rotatable bonds is 3. The zero-order chi connectivity index (χ0) is 6.24. The van der Waals surface area contributed by atoms with Crippen LogP contribution in [0.3, 0.4) is 0 Å². The topological polar surface area (TPSA) is 0 Å². The van der Waals surface area contributed by atoms with Crippen LogP contribution in [0.2, 0.25) is 0 Å². The van der Waals surface area contributed by atoms with Gasteiger partial charge in [0.15, 0.2) is 0 Å². The molecule has 44 valence electrons. The van der Waals surface area contributed by atoms with E-state index in [1.807, 2.05) is 5.41 Å². The predicted molar refractivity (Wildman–Crippen MR) is 40.7 cm³/mol. The van der Waals surface area contributed by atoms with Gasteiger partial charge >= 0.3 is 0 Å². The molecule has 0 spiro atoms. The lowest BCUT2D eigenvalue weighted by molar-refractivity contribution is 1.11. The minimum atomic E-state index is 1.16. The Bertz CT molecular complexity index is 97.4. The second-order valence-electron chi connectivity index (χ2n) is 1.34. The molecule has 0 heterocycles. The summed E-state index contributed by atoms with van der Waals surface area (Å²) in [7, 11) is 0. The van der Waals surface area contributed by atoms with Crippen LogP contribution < -0.4 is 0 Å². The van der Waals surface area contributed by atoms with Gasteiger partial charge in [-0.3, -0.25) is 0 Å². The Morgan fingerprint density at radius 3 is 3.00 bits per heavy atom. The lowest BCUT2D eigenvalue weighted by Crippen LogP contribution is -1.65. The van der Waals surface area contributed by atoms with E-state index in [4.69, 9.17) is 6.42 Å². The van der Waals surface area contributed by atoms with Gasteiger partial charge in [0.05, 0.1) is 0 Å². The maximum atomic E-state index is 4.96. The van der Waals surface area contributed by atoms with Crippen molar-refractivity contribution in [3.63, 3.8) is 0 Å². The van der Waals surface area contributed by atoms with E-state index in [1.54, 1.807) is 17.8 Å². The highest BCUT2D eigenvalue weighted by Gasteiger charge is 1.73. The molecular formula is C7H10S. The Kier molecular flexibility index (Phi) is 6.36. The summed E-state index contributed by atoms with van der Waals surface area (Å²) in [4.78, 5) is 0. The molecule has 0 fully saturated rings. The maximum absolute atomic E-state index is 4.96. The normalized spacial score (nSPS) is 9.50. The molecule has 8 heavy (non-hydrogen) atoms. The summed E-state index contributed by atoms with van der Waals surface area (Å²) in [6.07, 6.45) is 7.89. The van der Waals surface area contributed by atoms with Crippen LogP contribution in [0.4, 0.5) is 0 Å². The highest BCUT2D eigenvalue weighted by molar-refractivity contribution is 8.02. The Labute approximate surface area is 55.4 Å². The average Bonchev–Trinajstić information content (AvgIpc) is 1.81. The van der Waals surface area contributed by atoms with Gasteiger partial charge in [-0.1, -0.05) is 12.8 Å². The first-order chi connectivity index (χ1) is 3.91. The quantitative estimate of drug-likeness (QED) is 0.413. The third-order valence-corrected chi connectivity index (χ3v) is 1.55. The van der Waals surface area contributed by atoms with Crippen LogP contribution in [0, 0.1) is 12.3 Å². The number of hydrogen-bond acceptors (Lipinski definition) is 1. The highest BCUT2D eigenvalue weighted by Crippen LogP contribution is 2.01. The molecule has 0 aromatic carbocycles. The molecule has 0 amide bonds. The second-order valence-corrected chi connectivity index (χ2v) is 2.35. The van der Waals surface area contributed by atoms with Gasteiger partial charge in [0.2, 0.25) is 0 Å². The van der Waals surface area contributed by atoms with Gasteiger partial charge in [-0.2, -0.15) is 0 Å². The molecule has 0 aliphatic heterocycles. The van der Waals surface area contributed by atoms with E-state index in [9.17, 15) is 0 Å². The molecular weight excluding hydrogens is 116 g/mol. The largest absolute Gasteiger partial charge is 0.133 e. The zero-order valence-corrected chi connectivity index (χ0v) is 5.87. The standard InChI is InChI=1S/C7H10S/c1-3-5-7-8-6-4-2/h1,5,7H,4,6H2,2H3/b7-5+. The molecule has 0 radical (unpaired) electrons. The number of thioether (sulfide) groups is 1. The number of hydrogen-bond donors (Lipinski definition) is 0. The van der Waals surface area contributed by atoms with Crippen molar-refractivity contribution in [3.05, 3.63) is 11.5 Å². The van der Waals surface area contributed by atoms with Crippen LogP contribution in [0.1, 0.15) is 13.3 Å². The number of terminal acetylenes is 1. The van der Waals surface area contributed by atoms with Crippen molar-refractivity contribution in [2.75, 3.05) is 5.75 Å². The van der Waals surface area contributed by atoms with Gasteiger partial charge in [0.1, 0.15) is 0 Å². The van der Waals surface area contributed by atoms with E-state index >= 15 is 0 Å². The van der Waals surface area contributed by atoms with E-state index in [2.05, 4.69) is 12.8 Å². The van der Waals surface area contributed by atoms with Crippen molar-refractivity contribution in [2.24, 2.45) is 0 Å². The summed E-state index contributed by atoms with van der Waals surface area (Å²) in [5.41, 5.74) is 0. The third kappa shape index (κ3) is 5.65. The van der Waals surface area contributed by atoms with Crippen molar-refractivity contribution < 1.29 is 0 Å². The first kappa shape index (κ1) is 7.65. The van der Waals surface area contributed by atoms with Gasteiger partial charge < -0.3 is 0 Å². The molecule has 0 aliphatic carbocycles. The van der Waals surface area contributed by atoms with E-state index in [-0.39, 0.29) is 0 Å². The lowest BCUT2D eigenvalue weighted by atomic mass is 10.6. The second kappa shape index (κ2) is 6.65. The van der Waals surface area contributed by atoms with Gasteiger partial charge in [-0.05, 0) is 23.7 Å². The van der Waals surface area contributed by atoms with Crippen LogP contribution in [0.5, 0.6) is 0 Å². The van der Waals surface area contributed by atoms with Crippen molar-refractivity contribution in [1.82, 2.24) is 0 Å². The summed E-state index contributed by atoms with van der Waals surface area (Å²) >= 11 is 1.75. The Hall–Kier alpha value is -0.350. The van der Waals surface area contributed by atoms with Crippen LogP contribution in [0.25, 0.3) is 0 Å². The maximum Gasteiger partial charge on any atom is -0.00284 e. The minimum absolute atomic E-state index is 1.16. The Morgan fingerprint density at radius 2 is 2.50 bits per heavy atom. The highest BCUT2D eigenvalue weighted by atomic mass is 32.2. The monoisotopic (exact) mass is 126 g/mol. The molecule has 0 N–H and O–H groups in total. The smallest absolute Gasteiger partial charge is 0.00284 e. The van der Waals surface area contributed by atoms with E-state index in [0.29, 0.717) is 0 Å². The first-order valence-corrected chi connectivity index (χ1v) is 3.69. The Morgan fingerprint density at radius 1 is 1.75 bits per heavy atom. The molecule has 0 atom stereocenters. The summed E-state index contributed by atoms with van der Waals surface area (Å²) in [6, 6.07) is 0. The van der Waals surface area contributed by atoms with Crippen LogP contribution in [-0.2, 0) is 0 Å².